The standard InChI is InChI=1S/C18H22F4O3/c1-2-24-15-10-9-13(16(17(15)19)18(20,21)22)14(23)8-5-7-12-6-3-4-11-25-12/h9-10,12H,2-8,11H2,1H3. The highest BCUT2D eigenvalue weighted by atomic mass is 19.4. The quantitative estimate of drug-likeness (QED) is 0.496. The van der Waals surface area contributed by atoms with E-state index in [1.165, 1.54) is 0 Å². The summed E-state index contributed by atoms with van der Waals surface area (Å²) >= 11 is 0. The summed E-state index contributed by atoms with van der Waals surface area (Å²) in [5.41, 5.74) is -2.18. The van der Waals surface area contributed by atoms with Crippen LogP contribution in [0.1, 0.15) is 61.4 Å². The fourth-order valence-electron chi connectivity index (χ4n) is 2.99. The Morgan fingerprint density at radius 2 is 2.08 bits per heavy atom. The van der Waals surface area contributed by atoms with Crippen LogP contribution in [0, 0.1) is 5.82 Å². The third-order valence-corrected chi connectivity index (χ3v) is 4.19. The minimum atomic E-state index is -4.96. The predicted octanol–water partition coefficient (Wildman–Crippen LogP) is 5.17. The van der Waals surface area contributed by atoms with E-state index in [0.717, 1.165) is 31.4 Å². The van der Waals surface area contributed by atoms with E-state index in [1.54, 1.807) is 6.92 Å². The van der Waals surface area contributed by atoms with Crippen molar-refractivity contribution in [3.63, 3.8) is 0 Å². The first-order chi connectivity index (χ1) is 11.8. The molecule has 1 heterocycles. The average molecular weight is 362 g/mol. The maximum Gasteiger partial charge on any atom is 0.420 e. The third-order valence-electron chi connectivity index (χ3n) is 4.19. The normalized spacial score (nSPS) is 18.2. The molecular weight excluding hydrogens is 340 g/mol. The van der Waals surface area contributed by atoms with E-state index in [1.807, 2.05) is 0 Å². The van der Waals surface area contributed by atoms with Crippen molar-refractivity contribution in [2.45, 2.75) is 57.7 Å². The highest BCUT2D eigenvalue weighted by Crippen LogP contribution is 2.38. The lowest BCUT2D eigenvalue weighted by molar-refractivity contribution is -0.140. The zero-order valence-corrected chi connectivity index (χ0v) is 14.1. The highest BCUT2D eigenvalue weighted by Gasteiger charge is 2.40. The molecule has 1 aliphatic rings. The van der Waals surface area contributed by atoms with Gasteiger partial charge in [-0.1, -0.05) is 0 Å². The molecule has 0 amide bonds. The fraction of sp³-hybridized carbons (Fsp3) is 0.611. The summed E-state index contributed by atoms with van der Waals surface area (Å²) in [6.45, 7) is 2.25. The minimum Gasteiger partial charge on any atom is -0.491 e. The van der Waals surface area contributed by atoms with Gasteiger partial charge in [0, 0.05) is 18.6 Å². The molecule has 1 saturated heterocycles. The number of alkyl halides is 3. The van der Waals surface area contributed by atoms with Crippen LogP contribution in [0.15, 0.2) is 12.1 Å². The van der Waals surface area contributed by atoms with Crippen LogP contribution < -0.4 is 4.74 Å². The van der Waals surface area contributed by atoms with Crippen LogP contribution in [-0.4, -0.2) is 25.1 Å². The van der Waals surface area contributed by atoms with Gasteiger partial charge in [0.2, 0.25) is 0 Å². The SMILES string of the molecule is CCOc1ccc(C(=O)CCCC2CCCCO2)c(C(F)(F)F)c1F. The van der Waals surface area contributed by atoms with E-state index in [4.69, 9.17) is 9.47 Å². The number of hydrogen-bond acceptors (Lipinski definition) is 3. The molecule has 1 unspecified atom stereocenters. The van der Waals surface area contributed by atoms with Crippen molar-refractivity contribution in [1.82, 2.24) is 0 Å². The van der Waals surface area contributed by atoms with Gasteiger partial charge in [0.25, 0.3) is 0 Å². The van der Waals surface area contributed by atoms with E-state index in [0.29, 0.717) is 19.4 Å². The van der Waals surface area contributed by atoms with Gasteiger partial charge >= 0.3 is 6.18 Å². The summed E-state index contributed by atoms with van der Waals surface area (Å²) in [5.74, 6) is -2.75. The molecule has 0 radical (unpaired) electrons. The van der Waals surface area contributed by atoms with Gasteiger partial charge in [-0.3, -0.25) is 4.79 Å². The van der Waals surface area contributed by atoms with Crippen molar-refractivity contribution in [2.75, 3.05) is 13.2 Å². The molecule has 0 spiro atoms. The van der Waals surface area contributed by atoms with Crippen molar-refractivity contribution >= 4 is 5.78 Å². The van der Waals surface area contributed by atoms with Crippen molar-refractivity contribution in [3.8, 4) is 5.75 Å². The number of carbonyl (C=O) groups excluding carboxylic acids is 1. The zero-order chi connectivity index (χ0) is 18.4. The Labute approximate surface area is 144 Å². The van der Waals surface area contributed by atoms with Gasteiger partial charge in [-0.05, 0) is 51.2 Å². The lowest BCUT2D eigenvalue weighted by Crippen LogP contribution is -2.20. The molecule has 3 nitrogen and oxygen atoms in total. The second kappa shape index (κ2) is 8.65. The van der Waals surface area contributed by atoms with Gasteiger partial charge in [-0.15, -0.1) is 0 Å². The molecule has 2 rings (SSSR count). The average Bonchev–Trinajstić information content (AvgIpc) is 2.56. The van der Waals surface area contributed by atoms with E-state index < -0.39 is 34.7 Å². The smallest absolute Gasteiger partial charge is 0.420 e. The molecule has 1 aromatic rings. The second-order valence-corrected chi connectivity index (χ2v) is 6.03. The largest absolute Gasteiger partial charge is 0.491 e. The Morgan fingerprint density at radius 3 is 2.68 bits per heavy atom. The summed E-state index contributed by atoms with van der Waals surface area (Å²) in [6.07, 6.45) is -0.982. The maximum atomic E-state index is 14.2. The number of ketones is 1. The molecule has 0 saturated carbocycles. The number of Topliss-reactive ketones (excluding diaryl/α,β-unsaturated/α-hetero) is 1. The number of halogens is 4. The molecular formula is C18H22F4O3. The maximum absolute atomic E-state index is 14.2. The molecule has 0 N–H and O–H groups in total. The van der Waals surface area contributed by atoms with Crippen LogP contribution in [0.25, 0.3) is 0 Å². The van der Waals surface area contributed by atoms with Crippen molar-refractivity contribution in [2.24, 2.45) is 0 Å². The zero-order valence-electron chi connectivity index (χ0n) is 14.1. The number of carbonyl (C=O) groups is 1. The Hall–Kier alpha value is -1.63. The summed E-state index contributed by atoms with van der Waals surface area (Å²) < 4.78 is 64.3. The lowest BCUT2D eigenvalue weighted by atomic mass is 9.96. The lowest BCUT2D eigenvalue weighted by Gasteiger charge is -2.22. The molecule has 0 aromatic heterocycles. The van der Waals surface area contributed by atoms with E-state index in [-0.39, 0.29) is 19.1 Å². The number of hydrogen-bond donors (Lipinski definition) is 0. The minimum absolute atomic E-state index is 0.0307. The molecule has 140 valence electrons. The molecule has 1 fully saturated rings. The second-order valence-electron chi connectivity index (χ2n) is 6.03. The molecule has 1 aliphatic heterocycles. The fourth-order valence-corrected chi connectivity index (χ4v) is 2.99. The van der Waals surface area contributed by atoms with Gasteiger partial charge in [0.05, 0.1) is 12.7 Å². The summed E-state index contributed by atoms with van der Waals surface area (Å²) in [6, 6.07) is 2.07. The first-order valence-corrected chi connectivity index (χ1v) is 8.52. The Morgan fingerprint density at radius 1 is 1.32 bits per heavy atom. The van der Waals surface area contributed by atoms with E-state index in [9.17, 15) is 22.4 Å². The number of ether oxygens (including phenoxy) is 2. The molecule has 7 heteroatoms. The van der Waals surface area contributed by atoms with Crippen LogP contribution in [0.2, 0.25) is 0 Å². The monoisotopic (exact) mass is 362 g/mol. The van der Waals surface area contributed by atoms with Crippen molar-refractivity contribution in [3.05, 3.63) is 29.1 Å². The van der Waals surface area contributed by atoms with Gasteiger partial charge < -0.3 is 9.47 Å². The van der Waals surface area contributed by atoms with E-state index >= 15 is 0 Å². The molecule has 25 heavy (non-hydrogen) atoms. The van der Waals surface area contributed by atoms with Crippen LogP contribution in [0.5, 0.6) is 5.75 Å². The topological polar surface area (TPSA) is 35.5 Å². The summed E-state index contributed by atoms with van der Waals surface area (Å²) in [7, 11) is 0. The predicted molar refractivity (Wildman–Crippen MR) is 84.3 cm³/mol. The number of rotatable bonds is 7. The summed E-state index contributed by atoms with van der Waals surface area (Å²) in [5, 5.41) is 0. The van der Waals surface area contributed by atoms with Crippen LogP contribution >= 0.6 is 0 Å². The summed E-state index contributed by atoms with van der Waals surface area (Å²) in [4.78, 5) is 12.2. The van der Waals surface area contributed by atoms with Gasteiger partial charge in [-0.25, -0.2) is 4.39 Å². The first-order valence-electron chi connectivity index (χ1n) is 8.52. The van der Waals surface area contributed by atoms with Crippen molar-refractivity contribution < 1.29 is 31.8 Å². The highest BCUT2D eigenvalue weighted by molar-refractivity contribution is 5.97. The first kappa shape index (κ1) is 19.7. The van der Waals surface area contributed by atoms with Crippen LogP contribution in [0.4, 0.5) is 17.6 Å². The van der Waals surface area contributed by atoms with Crippen LogP contribution in [0.3, 0.4) is 0 Å². The Kier molecular flexibility index (Phi) is 6.81. The van der Waals surface area contributed by atoms with E-state index in [2.05, 4.69) is 0 Å². The van der Waals surface area contributed by atoms with Gasteiger partial charge in [0.15, 0.2) is 17.3 Å². The molecule has 0 aliphatic carbocycles. The molecule has 1 aromatic carbocycles. The van der Waals surface area contributed by atoms with Crippen LogP contribution in [-0.2, 0) is 10.9 Å². The van der Waals surface area contributed by atoms with Gasteiger partial charge in [-0.2, -0.15) is 13.2 Å². The Bertz CT molecular complexity index is 593. The van der Waals surface area contributed by atoms with Gasteiger partial charge in [0.1, 0.15) is 5.56 Å². The molecule has 0 bridgehead atoms. The van der Waals surface area contributed by atoms with Crippen molar-refractivity contribution in [1.29, 1.82) is 0 Å². The Balaban J connectivity index is 2.10. The third kappa shape index (κ3) is 5.17. The number of benzene rings is 1. The molecule has 1 atom stereocenters.